The lowest BCUT2D eigenvalue weighted by Crippen LogP contribution is -2.26. The SMILES string of the molecule is CCNS(=O)(=O)c1ccc(C)c(C(=O)NCc2cccs2)c1. The summed E-state index contributed by atoms with van der Waals surface area (Å²) in [5.74, 6) is -0.278. The van der Waals surface area contributed by atoms with E-state index in [4.69, 9.17) is 0 Å². The van der Waals surface area contributed by atoms with Gasteiger partial charge in [0.2, 0.25) is 10.0 Å². The molecule has 2 aromatic rings. The Hall–Kier alpha value is -1.70. The predicted octanol–water partition coefficient (Wildman–Crippen LogP) is 2.28. The molecule has 22 heavy (non-hydrogen) atoms. The van der Waals surface area contributed by atoms with Crippen molar-refractivity contribution in [3.05, 3.63) is 51.7 Å². The first-order chi connectivity index (χ1) is 10.4. The van der Waals surface area contributed by atoms with Crippen LogP contribution in [0.15, 0.2) is 40.6 Å². The first-order valence-electron chi connectivity index (χ1n) is 6.85. The summed E-state index contributed by atoms with van der Waals surface area (Å²) in [6.07, 6.45) is 0. The van der Waals surface area contributed by atoms with Crippen LogP contribution in [0.5, 0.6) is 0 Å². The molecule has 0 aliphatic heterocycles. The topological polar surface area (TPSA) is 75.3 Å². The molecule has 0 aliphatic carbocycles. The molecular formula is C15H18N2O3S2. The number of hydrogen-bond donors (Lipinski definition) is 2. The summed E-state index contributed by atoms with van der Waals surface area (Å²) in [6.45, 7) is 4.22. The Balaban J connectivity index is 2.21. The van der Waals surface area contributed by atoms with Crippen LogP contribution in [0.3, 0.4) is 0 Å². The lowest BCUT2D eigenvalue weighted by Gasteiger charge is -2.10. The molecule has 2 N–H and O–H groups in total. The van der Waals surface area contributed by atoms with E-state index in [1.54, 1.807) is 31.3 Å². The second-order valence-corrected chi connectivity index (χ2v) is 7.54. The second-order valence-electron chi connectivity index (χ2n) is 4.74. The molecule has 7 heteroatoms. The summed E-state index contributed by atoms with van der Waals surface area (Å²) in [4.78, 5) is 13.4. The summed E-state index contributed by atoms with van der Waals surface area (Å²) in [5, 5.41) is 4.75. The van der Waals surface area contributed by atoms with Gasteiger partial charge in [-0.15, -0.1) is 11.3 Å². The van der Waals surface area contributed by atoms with Crippen LogP contribution in [0.1, 0.15) is 27.7 Å². The molecular weight excluding hydrogens is 320 g/mol. The van der Waals surface area contributed by atoms with Gasteiger partial charge in [-0.25, -0.2) is 13.1 Å². The largest absolute Gasteiger partial charge is 0.347 e. The summed E-state index contributed by atoms with van der Waals surface area (Å²) in [6, 6.07) is 8.41. The van der Waals surface area contributed by atoms with Gasteiger partial charge in [0.25, 0.3) is 5.91 Å². The fourth-order valence-corrected chi connectivity index (χ4v) is 3.67. The molecule has 0 saturated heterocycles. The Bertz CT molecular complexity index is 753. The molecule has 0 spiro atoms. The maximum atomic E-state index is 12.3. The van der Waals surface area contributed by atoms with Gasteiger partial charge in [-0.05, 0) is 36.1 Å². The number of benzene rings is 1. The molecule has 0 radical (unpaired) electrons. The standard InChI is InChI=1S/C15H18N2O3S2/c1-3-17-22(19,20)13-7-6-11(2)14(9-13)15(18)16-10-12-5-4-8-21-12/h4-9,17H,3,10H2,1-2H3,(H,16,18). The van der Waals surface area contributed by atoms with Crippen molar-refractivity contribution in [1.29, 1.82) is 0 Å². The molecule has 1 heterocycles. The Morgan fingerprint density at radius 2 is 2.05 bits per heavy atom. The van der Waals surface area contributed by atoms with Crippen LogP contribution in [0.2, 0.25) is 0 Å². The minimum atomic E-state index is -3.57. The fourth-order valence-electron chi connectivity index (χ4n) is 1.96. The summed E-state index contributed by atoms with van der Waals surface area (Å²) >= 11 is 1.56. The third-order valence-corrected chi connectivity index (χ3v) is 5.52. The first kappa shape index (κ1) is 16.7. The van der Waals surface area contributed by atoms with Crippen molar-refractivity contribution in [3.8, 4) is 0 Å². The van der Waals surface area contributed by atoms with E-state index in [1.165, 1.54) is 12.1 Å². The summed E-state index contributed by atoms with van der Waals surface area (Å²) in [7, 11) is -3.57. The van der Waals surface area contributed by atoms with Gasteiger partial charge in [-0.3, -0.25) is 4.79 Å². The lowest BCUT2D eigenvalue weighted by molar-refractivity contribution is 0.0950. The van der Waals surface area contributed by atoms with Gasteiger partial charge in [0.05, 0.1) is 11.4 Å². The molecule has 118 valence electrons. The van der Waals surface area contributed by atoms with Crippen LogP contribution in [0.4, 0.5) is 0 Å². The molecule has 1 amide bonds. The third-order valence-electron chi connectivity index (χ3n) is 3.10. The summed E-state index contributed by atoms with van der Waals surface area (Å²) in [5.41, 5.74) is 1.11. The number of carbonyl (C=O) groups is 1. The summed E-state index contributed by atoms with van der Waals surface area (Å²) < 4.78 is 26.5. The van der Waals surface area contributed by atoms with Crippen LogP contribution >= 0.6 is 11.3 Å². The number of carbonyl (C=O) groups excluding carboxylic acids is 1. The van der Waals surface area contributed by atoms with Gasteiger partial charge in [-0.1, -0.05) is 19.1 Å². The zero-order valence-electron chi connectivity index (χ0n) is 12.4. The van der Waals surface area contributed by atoms with E-state index in [1.807, 2.05) is 17.5 Å². The van der Waals surface area contributed by atoms with E-state index in [2.05, 4.69) is 10.0 Å². The quantitative estimate of drug-likeness (QED) is 0.848. The second kappa shape index (κ2) is 7.04. The zero-order chi connectivity index (χ0) is 16.2. The molecule has 0 aliphatic rings. The Morgan fingerprint density at radius 1 is 1.27 bits per heavy atom. The maximum Gasteiger partial charge on any atom is 0.251 e. The highest BCUT2D eigenvalue weighted by Crippen LogP contribution is 2.16. The first-order valence-corrected chi connectivity index (χ1v) is 9.21. The molecule has 0 saturated carbocycles. The number of aryl methyl sites for hydroxylation is 1. The fraction of sp³-hybridized carbons (Fsp3) is 0.267. The van der Waals surface area contributed by atoms with Crippen LogP contribution < -0.4 is 10.0 Å². The highest BCUT2D eigenvalue weighted by Gasteiger charge is 2.17. The van der Waals surface area contributed by atoms with E-state index in [9.17, 15) is 13.2 Å². The average molecular weight is 338 g/mol. The molecule has 0 bridgehead atoms. The smallest absolute Gasteiger partial charge is 0.251 e. The number of nitrogens with one attached hydrogen (secondary N) is 2. The van der Waals surface area contributed by atoms with Crippen LogP contribution in [-0.2, 0) is 16.6 Å². The van der Waals surface area contributed by atoms with E-state index in [0.717, 1.165) is 10.4 Å². The minimum Gasteiger partial charge on any atom is -0.347 e. The molecule has 0 unspecified atom stereocenters. The molecule has 1 aromatic heterocycles. The Kier molecular flexibility index (Phi) is 5.33. The molecule has 2 rings (SSSR count). The van der Waals surface area contributed by atoms with Gasteiger partial charge < -0.3 is 5.32 Å². The van der Waals surface area contributed by atoms with Crippen LogP contribution in [0.25, 0.3) is 0 Å². The number of rotatable bonds is 6. The minimum absolute atomic E-state index is 0.0984. The predicted molar refractivity (Wildman–Crippen MR) is 87.5 cm³/mol. The van der Waals surface area contributed by atoms with Gasteiger partial charge in [0.15, 0.2) is 0 Å². The molecule has 5 nitrogen and oxygen atoms in total. The average Bonchev–Trinajstić information content (AvgIpc) is 2.98. The van der Waals surface area contributed by atoms with Crippen molar-refractivity contribution in [2.75, 3.05) is 6.54 Å². The van der Waals surface area contributed by atoms with Crippen molar-refractivity contribution in [3.63, 3.8) is 0 Å². The lowest BCUT2D eigenvalue weighted by atomic mass is 10.1. The molecule has 1 aromatic carbocycles. The van der Waals surface area contributed by atoms with E-state index in [-0.39, 0.29) is 10.8 Å². The van der Waals surface area contributed by atoms with E-state index < -0.39 is 10.0 Å². The van der Waals surface area contributed by atoms with Crippen molar-refractivity contribution in [1.82, 2.24) is 10.0 Å². The van der Waals surface area contributed by atoms with E-state index in [0.29, 0.717) is 18.7 Å². The zero-order valence-corrected chi connectivity index (χ0v) is 14.1. The van der Waals surface area contributed by atoms with Crippen molar-refractivity contribution < 1.29 is 13.2 Å². The van der Waals surface area contributed by atoms with Crippen molar-refractivity contribution in [2.45, 2.75) is 25.3 Å². The maximum absolute atomic E-state index is 12.3. The Labute approximate surface area is 134 Å². The number of sulfonamides is 1. The normalized spacial score (nSPS) is 11.4. The highest BCUT2D eigenvalue weighted by molar-refractivity contribution is 7.89. The number of thiophene rings is 1. The van der Waals surface area contributed by atoms with Gasteiger partial charge in [-0.2, -0.15) is 0 Å². The van der Waals surface area contributed by atoms with Gasteiger partial charge in [0.1, 0.15) is 0 Å². The van der Waals surface area contributed by atoms with Gasteiger partial charge in [0, 0.05) is 17.0 Å². The van der Waals surface area contributed by atoms with E-state index >= 15 is 0 Å². The Morgan fingerprint density at radius 3 is 2.68 bits per heavy atom. The van der Waals surface area contributed by atoms with Crippen molar-refractivity contribution >= 4 is 27.3 Å². The van der Waals surface area contributed by atoms with Crippen molar-refractivity contribution in [2.24, 2.45) is 0 Å². The number of amides is 1. The molecule has 0 fully saturated rings. The van der Waals surface area contributed by atoms with Crippen LogP contribution in [0, 0.1) is 6.92 Å². The monoisotopic (exact) mass is 338 g/mol. The van der Waals surface area contributed by atoms with Crippen LogP contribution in [-0.4, -0.2) is 20.9 Å². The number of hydrogen-bond acceptors (Lipinski definition) is 4. The highest BCUT2D eigenvalue weighted by atomic mass is 32.2. The third kappa shape index (κ3) is 3.94. The molecule has 0 atom stereocenters. The van der Waals surface area contributed by atoms with Gasteiger partial charge >= 0.3 is 0 Å².